The first-order valence-corrected chi connectivity index (χ1v) is 7.83. The van der Waals surface area contributed by atoms with Gasteiger partial charge in [0.05, 0.1) is 12.6 Å². The first-order valence-electron chi connectivity index (χ1n) is 7.83. The number of ether oxygens (including phenoxy) is 1. The number of carbonyl (C=O) groups excluding carboxylic acids is 1. The maximum Gasteiger partial charge on any atom is 0.251 e. The van der Waals surface area contributed by atoms with Gasteiger partial charge in [-0.05, 0) is 36.6 Å². The van der Waals surface area contributed by atoms with Gasteiger partial charge in [0.15, 0.2) is 0 Å². The Kier molecular flexibility index (Phi) is 6.01. The molecule has 0 saturated carbocycles. The van der Waals surface area contributed by atoms with Crippen LogP contribution < -0.4 is 10.1 Å². The average molecular weight is 297 g/mol. The van der Waals surface area contributed by atoms with Gasteiger partial charge in [-0.25, -0.2) is 0 Å². The molecular weight excluding hydrogens is 274 g/mol. The van der Waals surface area contributed by atoms with Gasteiger partial charge in [0.25, 0.3) is 5.91 Å². The molecule has 0 aliphatic rings. The SMILES string of the molecule is CCCOc1cccc(C(=O)NC(CC)c2ccccc2)c1. The van der Waals surface area contributed by atoms with Crippen LogP contribution >= 0.6 is 0 Å². The molecule has 22 heavy (non-hydrogen) atoms. The zero-order chi connectivity index (χ0) is 15.8. The van der Waals surface area contributed by atoms with E-state index in [1.807, 2.05) is 48.5 Å². The highest BCUT2D eigenvalue weighted by Crippen LogP contribution is 2.18. The Morgan fingerprint density at radius 3 is 2.55 bits per heavy atom. The van der Waals surface area contributed by atoms with E-state index in [1.54, 1.807) is 6.07 Å². The summed E-state index contributed by atoms with van der Waals surface area (Å²) in [7, 11) is 0. The molecule has 0 spiro atoms. The van der Waals surface area contributed by atoms with Crippen molar-refractivity contribution < 1.29 is 9.53 Å². The Morgan fingerprint density at radius 2 is 1.86 bits per heavy atom. The number of amides is 1. The highest BCUT2D eigenvalue weighted by Gasteiger charge is 2.14. The van der Waals surface area contributed by atoms with Crippen LogP contribution in [0.1, 0.15) is 48.7 Å². The van der Waals surface area contributed by atoms with Gasteiger partial charge in [-0.15, -0.1) is 0 Å². The smallest absolute Gasteiger partial charge is 0.251 e. The third-order valence-corrected chi connectivity index (χ3v) is 3.48. The Balaban J connectivity index is 2.07. The minimum Gasteiger partial charge on any atom is -0.494 e. The molecule has 3 nitrogen and oxygen atoms in total. The summed E-state index contributed by atoms with van der Waals surface area (Å²) in [5.41, 5.74) is 1.75. The van der Waals surface area contributed by atoms with Crippen LogP contribution in [0.2, 0.25) is 0 Å². The minimum absolute atomic E-state index is 0.0221. The molecule has 1 N–H and O–H groups in total. The first-order chi connectivity index (χ1) is 10.7. The molecule has 3 heteroatoms. The molecule has 0 aliphatic heterocycles. The van der Waals surface area contributed by atoms with Crippen LogP contribution in [0.3, 0.4) is 0 Å². The van der Waals surface area contributed by atoms with Crippen molar-refractivity contribution in [1.82, 2.24) is 5.32 Å². The Morgan fingerprint density at radius 1 is 1.09 bits per heavy atom. The molecule has 2 aromatic carbocycles. The molecule has 0 heterocycles. The third-order valence-electron chi connectivity index (χ3n) is 3.48. The molecule has 0 bridgehead atoms. The van der Waals surface area contributed by atoms with Crippen molar-refractivity contribution in [2.75, 3.05) is 6.61 Å². The van der Waals surface area contributed by atoms with E-state index in [4.69, 9.17) is 4.74 Å². The van der Waals surface area contributed by atoms with Gasteiger partial charge in [-0.2, -0.15) is 0 Å². The number of rotatable bonds is 7. The van der Waals surface area contributed by atoms with Crippen molar-refractivity contribution in [1.29, 1.82) is 0 Å². The zero-order valence-corrected chi connectivity index (χ0v) is 13.2. The molecule has 1 unspecified atom stereocenters. The van der Waals surface area contributed by atoms with Gasteiger partial charge >= 0.3 is 0 Å². The van der Waals surface area contributed by atoms with E-state index in [9.17, 15) is 4.79 Å². The second kappa shape index (κ2) is 8.23. The van der Waals surface area contributed by atoms with Crippen molar-refractivity contribution >= 4 is 5.91 Å². The maximum absolute atomic E-state index is 12.4. The average Bonchev–Trinajstić information content (AvgIpc) is 2.58. The lowest BCUT2D eigenvalue weighted by Crippen LogP contribution is -2.28. The monoisotopic (exact) mass is 297 g/mol. The van der Waals surface area contributed by atoms with Crippen molar-refractivity contribution in [2.45, 2.75) is 32.7 Å². The van der Waals surface area contributed by atoms with Gasteiger partial charge in [0.2, 0.25) is 0 Å². The summed E-state index contributed by atoms with van der Waals surface area (Å²) in [5, 5.41) is 3.09. The quantitative estimate of drug-likeness (QED) is 0.824. The van der Waals surface area contributed by atoms with Crippen LogP contribution in [0.5, 0.6) is 5.75 Å². The van der Waals surface area contributed by atoms with Gasteiger partial charge in [0.1, 0.15) is 5.75 Å². The topological polar surface area (TPSA) is 38.3 Å². The Bertz CT molecular complexity index is 595. The lowest BCUT2D eigenvalue weighted by Gasteiger charge is -2.17. The van der Waals surface area contributed by atoms with E-state index >= 15 is 0 Å². The van der Waals surface area contributed by atoms with Gasteiger partial charge in [-0.1, -0.05) is 50.2 Å². The third kappa shape index (κ3) is 4.35. The molecule has 2 rings (SSSR count). The summed E-state index contributed by atoms with van der Waals surface area (Å²) in [6.45, 7) is 4.79. The highest BCUT2D eigenvalue weighted by atomic mass is 16.5. The van der Waals surface area contributed by atoms with E-state index in [-0.39, 0.29) is 11.9 Å². The molecule has 0 fully saturated rings. The van der Waals surface area contributed by atoms with Crippen LogP contribution in [0.25, 0.3) is 0 Å². The van der Waals surface area contributed by atoms with Gasteiger partial charge in [0, 0.05) is 5.56 Å². The van der Waals surface area contributed by atoms with Crippen LogP contribution in [-0.4, -0.2) is 12.5 Å². The fourth-order valence-electron chi connectivity index (χ4n) is 2.30. The number of carbonyl (C=O) groups is 1. The molecule has 0 aromatic heterocycles. The standard InChI is InChI=1S/C19H23NO2/c1-3-13-22-17-12-8-11-16(14-17)19(21)20-18(4-2)15-9-6-5-7-10-15/h5-12,14,18H,3-4,13H2,1-2H3,(H,20,21). The van der Waals surface area contributed by atoms with Crippen molar-refractivity contribution in [3.63, 3.8) is 0 Å². The highest BCUT2D eigenvalue weighted by molar-refractivity contribution is 5.94. The molecule has 116 valence electrons. The van der Waals surface area contributed by atoms with Crippen molar-refractivity contribution in [2.24, 2.45) is 0 Å². The Hall–Kier alpha value is -2.29. The summed E-state index contributed by atoms with van der Waals surface area (Å²) in [5.74, 6) is 0.667. The molecule has 2 aromatic rings. The lowest BCUT2D eigenvalue weighted by molar-refractivity contribution is 0.0935. The summed E-state index contributed by atoms with van der Waals surface area (Å²) in [6, 6.07) is 17.4. The maximum atomic E-state index is 12.4. The molecular formula is C19H23NO2. The Labute approximate surface area is 132 Å². The number of benzene rings is 2. The molecule has 0 saturated heterocycles. The minimum atomic E-state index is -0.0716. The van der Waals surface area contributed by atoms with Crippen LogP contribution in [0.15, 0.2) is 54.6 Å². The van der Waals surface area contributed by atoms with Crippen LogP contribution in [0.4, 0.5) is 0 Å². The number of hydrogen-bond donors (Lipinski definition) is 1. The fourth-order valence-corrected chi connectivity index (χ4v) is 2.30. The van der Waals surface area contributed by atoms with E-state index in [2.05, 4.69) is 19.2 Å². The number of hydrogen-bond acceptors (Lipinski definition) is 2. The molecule has 1 amide bonds. The van der Waals surface area contributed by atoms with E-state index in [0.717, 1.165) is 24.2 Å². The second-order valence-corrected chi connectivity index (χ2v) is 5.22. The second-order valence-electron chi connectivity index (χ2n) is 5.22. The summed E-state index contributed by atoms with van der Waals surface area (Å²) in [6.07, 6.45) is 1.80. The summed E-state index contributed by atoms with van der Waals surface area (Å²) in [4.78, 5) is 12.4. The van der Waals surface area contributed by atoms with Crippen LogP contribution in [-0.2, 0) is 0 Å². The van der Waals surface area contributed by atoms with Gasteiger partial charge < -0.3 is 10.1 Å². The largest absolute Gasteiger partial charge is 0.494 e. The van der Waals surface area contributed by atoms with Crippen molar-refractivity contribution in [3.8, 4) is 5.75 Å². The number of nitrogens with one attached hydrogen (secondary N) is 1. The van der Waals surface area contributed by atoms with Crippen LogP contribution in [0, 0.1) is 0 Å². The van der Waals surface area contributed by atoms with E-state index < -0.39 is 0 Å². The lowest BCUT2D eigenvalue weighted by atomic mass is 10.0. The predicted octanol–water partition coefficient (Wildman–Crippen LogP) is 4.36. The van der Waals surface area contributed by atoms with Crippen molar-refractivity contribution in [3.05, 3.63) is 65.7 Å². The molecule has 0 aliphatic carbocycles. The van der Waals surface area contributed by atoms with E-state index in [1.165, 1.54) is 0 Å². The van der Waals surface area contributed by atoms with E-state index in [0.29, 0.717) is 12.2 Å². The molecule has 1 atom stereocenters. The first kappa shape index (κ1) is 16.1. The summed E-state index contributed by atoms with van der Waals surface area (Å²) < 4.78 is 5.58. The fraction of sp³-hybridized carbons (Fsp3) is 0.316. The predicted molar refractivity (Wildman–Crippen MR) is 89.2 cm³/mol. The van der Waals surface area contributed by atoms with Gasteiger partial charge in [-0.3, -0.25) is 4.79 Å². The normalized spacial score (nSPS) is 11.7. The molecule has 0 radical (unpaired) electrons. The summed E-state index contributed by atoms with van der Waals surface area (Å²) >= 11 is 0. The zero-order valence-electron chi connectivity index (χ0n) is 13.2.